The third-order valence-corrected chi connectivity index (χ3v) is 7.72. The molecule has 0 spiro atoms. The number of fused-ring (bicyclic) bond motifs is 3. The van der Waals surface area contributed by atoms with Crippen LogP contribution in [0, 0.1) is 5.92 Å². The number of rotatable bonds is 8. The molecular formula is C31H34N2O5. The predicted molar refractivity (Wildman–Crippen MR) is 143 cm³/mol. The lowest BCUT2D eigenvalue weighted by molar-refractivity contribution is -0.0441. The van der Waals surface area contributed by atoms with Crippen molar-refractivity contribution in [2.45, 2.75) is 37.9 Å². The van der Waals surface area contributed by atoms with Gasteiger partial charge in [0.1, 0.15) is 18.5 Å². The molecule has 38 heavy (non-hydrogen) atoms. The lowest BCUT2D eigenvalue weighted by Gasteiger charge is -2.43. The van der Waals surface area contributed by atoms with E-state index in [0.29, 0.717) is 25.7 Å². The molecule has 0 aliphatic carbocycles. The molecule has 4 aliphatic heterocycles. The van der Waals surface area contributed by atoms with Crippen molar-refractivity contribution < 1.29 is 23.7 Å². The van der Waals surface area contributed by atoms with E-state index < -0.39 is 0 Å². The maximum Gasteiger partial charge on any atom is 0.408 e. The van der Waals surface area contributed by atoms with Crippen LogP contribution in [0.2, 0.25) is 0 Å². The molecule has 0 unspecified atom stereocenters. The second-order valence-electron chi connectivity index (χ2n) is 10.2. The number of piperidine rings is 3. The summed E-state index contributed by atoms with van der Waals surface area (Å²) in [6, 6.07) is 25.6. The van der Waals surface area contributed by atoms with Gasteiger partial charge in [-0.2, -0.15) is 0 Å². The molecule has 7 nitrogen and oxygen atoms in total. The lowest BCUT2D eigenvalue weighted by atomic mass is 9.86. The zero-order chi connectivity index (χ0) is 25.7. The van der Waals surface area contributed by atoms with Gasteiger partial charge in [-0.3, -0.25) is 4.90 Å². The molecule has 0 aromatic heterocycles. The number of carbonyl (C=O) groups excluding carboxylic acids is 1. The Labute approximate surface area is 223 Å². The SMILES string of the molecule is O=C(N[C@@H](c1ccccc1)c1cccc(OCc2ccc(C3OCCO3)cc2)c1)O[C@H]1CN2CCC1CC2. The summed E-state index contributed by atoms with van der Waals surface area (Å²) in [6.45, 7) is 4.74. The summed E-state index contributed by atoms with van der Waals surface area (Å²) in [5.74, 6) is 1.20. The normalized spacial score (nSPS) is 23.6. The lowest BCUT2D eigenvalue weighted by Crippen LogP contribution is -2.52. The molecule has 4 saturated heterocycles. The first-order chi connectivity index (χ1) is 18.7. The van der Waals surface area contributed by atoms with Gasteiger partial charge < -0.3 is 24.3 Å². The van der Waals surface area contributed by atoms with Crippen molar-refractivity contribution in [3.8, 4) is 5.75 Å². The molecule has 1 amide bonds. The summed E-state index contributed by atoms with van der Waals surface area (Å²) in [7, 11) is 0. The number of benzene rings is 3. The first-order valence-corrected chi connectivity index (χ1v) is 13.5. The van der Waals surface area contributed by atoms with Gasteiger partial charge in [0.2, 0.25) is 0 Å². The summed E-state index contributed by atoms with van der Waals surface area (Å²) < 4.78 is 23.2. The Morgan fingerprint density at radius 3 is 2.37 bits per heavy atom. The summed E-state index contributed by atoms with van der Waals surface area (Å²) >= 11 is 0. The van der Waals surface area contributed by atoms with E-state index in [-0.39, 0.29) is 24.5 Å². The monoisotopic (exact) mass is 514 g/mol. The highest BCUT2D eigenvalue weighted by molar-refractivity contribution is 5.69. The first kappa shape index (κ1) is 24.9. The van der Waals surface area contributed by atoms with Gasteiger partial charge >= 0.3 is 6.09 Å². The number of amides is 1. The van der Waals surface area contributed by atoms with Crippen LogP contribution in [0.3, 0.4) is 0 Å². The van der Waals surface area contributed by atoms with Crippen LogP contribution in [-0.4, -0.2) is 49.9 Å². The zero-order valence-electron chi connectivity index (χ0n) is 21.5. The van der Waals surface area contributed by atoms with Crippen LogP contribution < -0.4 is 10.1 Å². The Balaban J connectivity index is 1.13. The Kier molecular flexibility index (Phi) is 7.58. The van der Waals surface area contributed by atoms with Crippen LogP contribution in [0.15, 0.2) is 78.9 Å². The van der Waals surface area contributed by atoms with Crippen molar-refractivity contribution in [3.63, 3.8) is 0 Å². The van der Waals surface area contributed by atoms with Crippen molar-refractivity contribution in [3.05, 3.63) is 101 Å². The number of nitrogens with one attached hydrogen (secondary N) is 1. The summed E-state index contributed by atoms with van der Waals surface area (Å²) in [5, 5.41) is 3.13. The van der Waals surface area contributed by atoms with Crippen molar-refractivity contribution >= 4 is 6.09 Å². The number of hydrogen-bond acceptors (Lipinski definition) is 6. The summed E-state index contributed by atoms with van der Waals surface area (Å²) in [4.78, 5) is 15.4. The minimum Gasteiger partial charge on any atom is -0.489 e. The minimum absolute atomic E-state index is 0.0400. The highest BCUT2D eigenvalue weighted by Gasteiger charge is 2.36. The molecule has 3 aromatic rings. The fraction of sp³-hybridized carbons (Fsp3) is 0.387. The molecule has 4 aliphatic rings. The molecule has 0 radical (unpaired) electrons. The van der Waals surface area contributed by atoms with Gasteiger partial charge in [0.05, 0.1) is 19.3 Å². The average Bonchev–Trinajstić information content (AvgIpc) is 3.52. The van der Waals surface area contributed by atoms with E-state index >= 15 is 0 Å². The minimum atomic E-state index is -0.376. The highest BCUT2D eigenvalue weighted by atomic mass is 16.7. The van der Waals surface area contributed by atoms with Crippen molar-refractivity contribution in [1.29, 1.82) is 0 Å². The molecule has 198 valence electrons. The number of alkyl carbamates (subject to hydrolysis) is 1. The molecule has 3 aromatic carbocycles. The summed E-state index contributed by atoms with van der Waals surface area (Å²) in [6.07, 6.45) is 1.51. The van der Waals surface area contributed by atoms with Crippen LogP contribution >= 0.6 is 0 Å². The number of hydrogen-bond donors (Lipinski definition) is 1. The molecule has 7 heteroatoms. The molecule has 1 N–H and O–H groups in total. The van der Waals surface area contributed by atoms with Gasteiger partial charge in [-0.1, -0.05) is 66.7 Å². The quantitative estimate of drug-likeness (QED) is 0.445. The van der Waals surface area contributed by atoms with Crippen LogP contribution in [0.25, 0.3) is 0 Å². The topological polar surface area (TPSA) is 69.3 Å². The first-order valence-electron chi connectivity index (χ1n) is 13.5. The van der Waals surface area contributed by atoms with Gasteiger partial charge in [0.25, 0.3) is 0 Å². The fourth-order valence-electron chi connectivity index (χ4n) is 5.61. The van der Waals surface area contributed by atoms with Crippen molar-refractivity contribution in [1.82, 2.24) is 10.2 Å². The number of nitrogens with zero attached hydrogens (tertiary/aromatic N) is 1. The van der Waals surface area contributed by atoms with Gasteiger partial charge in [-0.25, -0.2) is 4.79 Å². The smallest absolute Gasteiger partial charge is 0.408 e. The zero-order valence-corrected chi connectivity index (χ0v) is 21.5. The molecule has 7 rings (SSSR count). The Morgan fingerprint density at radius 1 is 0.921 bits per heavy atom. The molecule has 4 heterocycles. The fourth-order valence-corrected chi connectivity index (χ4v) is 5.61. The molecular weight excluding hydrogens is 480 g/mol. The van der Waals surface area contributed by atoms with E-state index in [1.165, 1.54) is 0 Å². The van der Waals surface area contributed by atoms with Crippen molar-refractivity contribution in [2.75, 3.05) is 32.8 Å². The van der Waals surface area contributed by atoms with Gasteiger partial charge in [-0.05, 0) is 60.7 Å². The van der Waals surface area contributed by atoms with Crippen LogP contribution in [0.5, 0.6) is 5.75 Å². The van der Waals surface area contributed by atoms with Crippen molar-refractivity contribution in [2.24, 2.45) is 5.92 Å². The van der Waals surface area contributed by atoms with Crippen LogP contribution in [0.1, 0.15) is 47.4 Å². The molecule has 4 fully saturated rings. The van der Waals surface area contributed by atoms with Crippen LogP contribution in [-0.2, 0) is 20.8 Å². The molecule has 2 atom stereocenters. The van der Waals surface area contributed by atoms with E-state index in [0.717, 1.165) is 60.5 Å². The van der Waals surface area contributed by atoms with Crippen LogP contribution in [0.4, 0.5) is 4.79 Å². The molecule has 0 saturated carbocycles. The molecule has 2 bridgehead atoms. The Hall–Kier alpha value is -3.39. The standard InChI is InChI=1S/C31H34N2O5/c34-31(38-28-20-33-15-13-23(28)14-16-33)32-29(24-5-2-1-3-6-24)26-7-4-8-27(19-26)37-21-22-9-11-25(12-10-22)30-35-17-18-36-30/h1-12,19,23,28-30H,13-18,20-21H2,(H,32,34)/t28-,29-/m0/s1. The number of ether oxygens (including phenoxy) is 4. The van der Waals surface area contributed by atoms with Gasteiger partial charge in [0.15, 0.2) is 6.29 Å². The number of carbonyl (C=O) groups is 1. The van der Waals surface area contributed by atoms with Gasteiger partial charge in [-0.15, -0.1) is 0 Å². The maximum atomic E-state index is 13.1. The third kappa shape index (κ3) is 5.85. The van der Waals surface area contributed by atoms with E-state index in [1.807, 2.05) is 78.9 Å². The second kappa shape index (κ2) is 11.6. The largest absolute Gasteiger partial charge is 0.489 e. The van der Waals surface area contributed by atoms with Gasteiger partial charge in [0, 0.05) is 12.1 Å². The second-order valence-corrected chi connectivity index (χ2v) is 10.2. The van der Waals surface area contributed by atoms with E-state index in [1.54, 1.807) is 0 Å². The predicted octanol–water partition coefficient (Wildman–Crippen LogP) is 5.22. The van der Waals surface area contributed by atoms with E-state index in [2.05, 4.69) is 10.2 Å². The maximum absolute atomic E-state index is 13.1. The Bertz CT molecular complexity index is 1200. The summed E-state index contributed by atoms with van der Waals surface area (Å²) in [5.41, 5.74) is 3.99. The van der Waals surface area contributed by atoms with E-state index in [4.69, 9.17) is 18.9 Å². The highest BCUT2D eigenvalue weighted by Crippen LogP contribution is 2.31. The Morgan fingerprint density at radius 2 is 1.66 bits per heavy atom. The van der Waals surface area contributed by atoms with E-state index in [9.17, 15) is 4.79 Å². The average molecular weight is 515 g/mol. The third-order valence-electron chi connectivity index (χ3n) is 7.72.